The summed E-state index contributed by atoms with van der Waals surface area (Å²) in [5.74, 6) is 0.723. The largest absolute Gasteiger partial charge is 0.459 e. The van der Waals surface area contributed by atoms with E-state index < -0.39 is 0 Å². The fourth-order valence-electron chi connectivity index (χ4n) is 2.07. The van der Waals surface area contributed by atoms with Crippen LogP contribution in [0, 0.1) is 0 Å². The molecule has 0 fully saturated rings. The molecule has 3 aromatic rings. The van der Waals surface area contributed by atoms with Gasteiger partial charge < -0.3 is 9.30 Å². The van der Waals surface area contributed by atoms with E-state index in [0.717, 1.165) is 28.1 Å². The molecule has 3 aromatic heterocycles. The highest BCUT2D eigenvalue weighted by atomic mass is 32.2. The van der Waals surface area contributed by atoms with Crippen molar-refractivity contribution in [3.05, 3.63) is 47.6 Å². The summed E-state index contributed by atoms with van der Waals surface area (Å²) in [5, 5.41) is 11.2. The zero-order chi connectivity index (χ0) is 16.8. The molecule has 0 bridgehead atoms. The molecule has 8 heteroatoms. The maximum Gasteiger partial charge on any atom is 0.316 e. The first-order valence-corrected chi connectivity index (χ1v) is 9.30. The van der Waals surface area contributed by atoms with Gasteiger partial charge in [0.2, 0.25) is 0 Å². The van der Waals surface area contributed by atoms with Crippen molar-refractivity contribution in [2.45, 2.75) is 25.2 Å². The summed E-state index contributed by atoms with van der Waals surface area (Å²) in [5.41, 5.74) is 0.729. The molecule has 0 aliphatic carbocycles. The first-order valence-electron chi connectivity index (χ1n) is 7.43. The van der Waals surface area contributed by atoms with Crippen LogP contribution in [-0.2, 0) is 22.7 Å². The van der Waals surface area contributed by atoms with Gasteiger partial charge in [0.25, 0.3) is 0 Å². The third-order valence-electron chi connectivity index (χ3n) is 3.20. The summed E-state index contributed by atoms with van der Waals surface area (Å²) in [6, 6.07) is 9.50. The Morgan fingerprint density at radius 2 is 2.21 bits per heavy atom. The van der Waals surface area contributed by atoms with E-state index in [-0.39, 0.29) is 18.3 Å². The van der Waals surface area contributed by atoms with Crippen molar-refractivity contribution in [3.8, 4) is 10.7 Å². The molecule has 3 rings (SSSR count). The van der Waals surface area contributed by atoms with E-state index in [9.17, 15) is 4.79 Å². The van der Waals surface area contributed by atoms with Gasteiger partial charge in [-0.05, 0) is 30.5 Å². The number of ether oxygens (including phenoxy) is 1. The molecule has 0 aromatic carbocycles. The Bertz CT molecular complexity index is 788. The summed E-state index contributed by atoms with van der Waals surface area (Å²) in [6.07, 6.45) is 1.67. The summed E-state index contributed by atoms with van der Waals surface area (Å²) in [7, 11) is 0. The lowest BCUT2D eigenvalue weighted by Gasteiger charge is -2.06. The molecule has 0 spiro atoms. The Labute approximate surface area is 147 Å². The molecule has 0 amide bonds. The molecule has 0 unspecified atom stereocenters. The number of hydrogen-bond acceptors (Lipinski definition) is 7. The second-order valence-electron chi connectivity index (χ2n) is 4.80. The van der Waals surface area contributed by atoms with E-state index in [1.807, 2.05) is 47.2 Å². The molecule has 24 heavy (non-hydrogen) atoms. The molecular formula is C16H16N4O2S2. The number of aromatic nitrogens is 4. The number of carbonyl (C=O) groups is 1. The second kappa shape index (κ2) is 8.07. The first-order chi connectivity index (χ1) is 11.8. The number of rotatable bonds is 7. The molecule has 0 saturated heterocycles. The van der Waals surface area contributed by atoms with Gasteiger partial charge in [-0.15, -0.1) is 21.5 Å². The third kappa shape index (κ3) is 4.01. The van der Waals surface area contributed by atoms with E-state index in [1.165, 1.54) is 11.8 Å². The second-order valence-corrected chi connectivity index (χ2v) is 6.69. The summed E-state index contributed by atoms with van der Waals surface area (Å²) in [4.78, 5) is 17.1. The van der Waals surface area contributed by atoms with Crippen molar-refractivity contribution in [1.82, 2.24) is 19.7 Å². The number of nitrogens with zero attached hydrogens (tertiary/aromatic N) is 4. The van der Waals surface area contributed by atoms with Crippen LogP contribution in [-0.4, -0.2) is 31.5 Å². The lowest BCUT2D eigenvalue weighted by atomic mass is 10.4. The number of esters is 1. The molecule has 0 N–H and O–H groups in total. The van der Waals surface area contributed by atoms with Crippen LogP contribution in [0.5, 0.6) is 0 Å². The third-order valence-corrected chi connectivity index (χ3v) is 5.01. The Morgan fingerprint density at radius 3 is 2.92 bits per heavy atom. The molecule has 0 aliphatic rings. The zero-order valence-corrected chi connectivity index (χ0v) is 14.7. The van der Waals surface area contributed by atoms with E-state index in [1.54, 1.807) is 17.5 Å². The predicted octanol–water partition coefficient (Wildman–Crippen LogP) is 3.26. The minimum Gasteiger partial charge on any atom is -0.459 e. The highest BCUT2D eigenvalue weighted by Gasteiger charge is 2.15. The Morgan fingerprint density at radius 1 is 1.29 bits per heavy atom. The number of pyridine rings is 1. The fourth-order valence-corrected chi connectivity index (χ4v) is 3.59. The van der Waals surface area contributed by atoms with Gasteiger partial charge in [-0.3, -0.25) is 9.78 Å². The molecule has 0 aliphatic heterocycles. The van der Waals surface area contributed by atoms with Crippen molar-refractivity contribution in [2.24, 2.45) is 0 Å². The lowest BCUT2D eigenvalue weighted by molar-refractivity contribution is -0.141. The van der Waals surface area contributed by atoms with Gasteiger partial charge in [0.1, 0.15) is 6.61 Å². The average molecular weight is 360 g/mol. The fraction of sp³-hybridized carbons (Fsp3) is 0.250. The Kier molecular flexibility index (Phi) is 5.60. The maximum absolute atomic E-state index is 11.9. The molecule has 0 radical (unpaired) electrons. The standard InChI is InChI=1S/C16H16N4O2S2/c1-2-20-15(13-7-5-9-23-13)18-19-16(20)24-11-14(21)22-10-12-6-3-4-8-17-12/h3-9H,2,10-11H2,1H3. The van der Waals surface area contributed by atoms with E-state index in [4.69, 9.17) is 4.74 Å². The Hall–Kier alpha value is -2.19. The van der Waals surface area contributed by atoms with Gasteiger partial charge in [-0.2, -0.15) is 0 Å². The topological polar surface area (TPSA) is 69.9 Å². The van der Waals surface area contributed by atoms with Gasteiger partial charge in [0, 0.05) is 12.7 Å². The maximum atomic E-state index is 11.9. The summed E-state index contributed by atoms with van der Waals surface area (Å²) in [6.45, 7) is 2.95. The first kappa shape index (κ1) is 16.7. The Balaban J connectivity index is 1.57. The van der Waals surface area contributed by atoms with Crippen molar-refractivity contribution >= 4 is 29.1 Å². The van der Waals surface area contributed by atoms with Crippen LogP contribution in [0.3, 0.4) is 0 Å². The smallest absolute Gasteiger partial charge is 0.316 e. The monoisotopic (exact) mass is 360 g/mol. The minimum atomic E-state index is -0.297. The van der Waals surface area contributed by atoms with Gasteiger partial charge in [0.15, 0.2) is 11.0 Å². The van der Waals surface area contributed by atoms with Crippen molar-refractivity contribution in [3.63, 3.8) is 0 Å². The zero-order valence-electron chi connectivity index (χ0n) is 13.1. The van der Waals surface area contributed by atoms with Gasteiger partial charge in [-0.1, -0.05) is 23.9 Å². The van der Waals surface area contributed by atoms with E-state index in [0.29, 0.717) is 0 Å². The number of hydrogen-bond donors (Lipinski definition) is 0. The van der Waals surface area contributed by atoms with Crippen LogP contribution in [0.15, 0.2) is 47.1 Å². The summed E-state index contributed by atoms with van der Waals surface area (Å²) >= 11 is 2.95. The molecule has 0 atom stereocenters. The van der Waals surface area contributed by atoms with E-state index in [2.05, 4.69) is 15.2 Å². The predicted molar refractivity (Wildman–Crippen MR) is 93.8 cm³/mol. The molecule has 6 nitrogen and oxygen atoms in total. The summed E-state index contributed by atoms with van der Waals surface area (Å²) < 4.78 is 7.23. The van der Waals surface area contributed by atoms with Gasteiger partial charge >= 0.3 is 5.97 Å². The average Bonchev–Trinajstić information content (AvgIpc) is 3.27. The number of thiophene rings is 1. The highest BCUT2D eigenvalue weighted by molar-refractivity contribution is 7.99. The molecule has 124 valence electrons. The van der Waals surface area contributed by atoms with Crippen LogP contribution in [0.4, 0.5) is 0 Å². The van der Waals surface area contributed by atoms with Crippen molar-refractivity contribution < 1.29 is 9.53 Å². The molecule has 3 heterocycles. The van der Waals surface area contributed by atoms with Crippen LogP contribution in [0.2, 0.25) is 0 Å². The number of carbonyl (C=O) groups excluding carboxylic acids is 1. The van der Waals surface area contributed by atoms with Crippen LogP contribution < -0.4 is 0 Å². The minimum absolute atomic E-state index is 0.182. The van der Waals surface area contributed by atoms with Crippen molar-refractivity contribution in [2.75, 3.05) is 5.75 Å². The lowest BCUT2D eigenvalue weighted by Crippen LogP contribution is -2.09. The number of thioether (sulfide) groups is 1. The molecule has 0 saturated carbocycles. The normalized spacial score (nSPS) is 10.7. The SMILES string of the molecule is CCn1c(SCC(=O)OCc2ccccn2)nnc1-c1cccs1. The van der Waals surface area contributed by atoms with Gasteiger partial charge in [0.05, 0.1) is 16.3 Å². The van der Waals surface area contributed by atoms with Crippen LogP contribution in [0.25, 0.3) is 10.7 Å². The van der Waals surface area contributed by atoms with Gasteiger partial charge in [-0.25, -0.2) is 0 Å². The molecular weight excluding hydrogens is 344 g/mol. The van der Waals surface area contributed by atoms with Crippen LogP contribution in [0.1, 0.15) is 12.6 Å². The van der Waals surface area contributed by atoms with Crippen LogP contribution >= 0.6 is 23.1 Å². The van der Waals surface area contributed by atoms with E-state index >= 15 is 0 Å². The van der Waals surface area contributed by atoms with Crippen molar-refractivity contribution in [1.29, 1.82) is 0 Å². The highest BCUT2D eigenvalue weighted by Crippen LogP contribution is 2.27. The quantitative estimate of drug-likeness (QED) is 0.476.